The summed E-state index contributed by atoms with van der Waals surface area (Å²) in [6, 6.07) is 7.39. The molecule has 1 amide bonds. The number of nitrogens with one attached hydrogen (secondary N) is 3. The fourth-order valence-electron chi connectivity index (χ4n) is 2.93. The van der Waals surface area contributed by atoms with Crippen LogP contribution >= 0.6 is 0 Å². The molecule has 1 fully saturated rings. The van der Waals surface area contributed by atoms with Gasteiger partial charge in [0.05, 0.1) is 11.4 Å². The van der Waals surface area contributed by atoms with Crippen molar-refractivity contribution in [3.8, 4) is 0 Å². The Morgan fingerprint density at radius 3 is 2.54 bits per heavy atom. The summed E-state index contributed by atoms with van der Waals surface area (Å²) >= 11 is 0. The van der Waals surface area contributed by atoms with E-state index in [1.54, 1.807) is 6.07 Å². The summed E-state index contributed by atoms with van der Waals surface area (Å²) in [6.07, 6.45) is 1.31. The first kappa shape index (κ1) is 19.9. The van der Waals surface area contributed by atoms with Gasteiger partial charge in [0.1, 0.15) is 11.4 Å². The zero-order valence-corrected chi connectivity index (χ0v) is 16.9. The molecule has 1 saturated heterocycles. The summed E-state index contributed by atoms with van der Waals surface area (Å²) in [5, 5.41) is 9.34. The average Bonchev–Trinajstić information content (AvgIpc) is 2.64. The van der Waals surface area contributed by atoms with E-state index in [1.807, 2.05) is 52.1 Å². The van der Waals surface area contributed by atoms with E-state index in [0.29, 0.717) is 17.3 Å². The highest BCUT2D eigenvalue weighted by atomic mass is 16.6. The molecule has 1 aromatic heterocycles. The number of rotatable bonds is 4. The molecule has 150 valence electrons. The Hall–Kier alpha value is -2.87. The quantitative estimate of drug-likeness (QED) is 0.745. The lowest BCUT2D eigenvalue weighted by molar-refractivity contribution is 0.0636. The van der Waals surface area contributed by atoms with Gasteiger partial charge in [-0.3, -0.25) is 5.32 Å². The maximum Gasteiger partial charge on any atom is 0.412 e. The van der Waals surface area contributed by atoms with Gasteiger partial charge in [0.25, 0.3) is 0 Å². The number of aromatic nitrogens is 2. The summed E-state index contributed by atoms with van der Waals surface area (Å²) in [6.45, 7) is 11.2. The van der Waals surface area contributed by atoms with Crippen LogP contribution in [0.2, 0.25) is 0 Å². The zero-order chi connectivity index (χ0) is 20.1. The third-order valence-corrected chi connectivity index (χ3v) is 4.17. The van der Waals surface area contributed by atoms with E-state index in [2.05, 4.69) is 25.8 Å². The van der Waals surface area contributed by atoms with Crippen molar-refractivity contribution < 1.29 is 9.53 Å². The van der Waals surface area contributed by atoms with E-state index >= 15 is 0 Å². The molecular weight excluding hydrogens is 356 g/mol. The number of hydrogen-bond donors (Lipinski definition) is 3. The minimum absolute atomic E-state index is 0.484. The van der Waals surface area contributed by atoms with Crippen molar-refractivity contribution in [2.75, 3.05) is 41.7 Å². The van der Waals surface area contributed by atoms with Gasteiger partial charge >= 0.3 is 6.09 Å². The Morgan fingerprint density at radius 1 is 1.18 bits per heavy atom. The second-order valence-electron chi connectivity index (χ2n) is 7.73. The van der Waals surface area contributed by atoms with Crippen molar-refractivity contribution in [1.29, 1.82) is 0 Å². The van der Waals surface area contributed by atoms with Gasteiger partial charge in [-0.2, -0.15) is 4.98 Å². The van der Waals surface area contributed by atoms with Crippen LogP contribution in [0.3, 0.4) is 0 Å². The summed E-state index contributed by atoms with van der Waals surface area (Å²) in [5.41, 5.74) is 1.77. The molecule has 8 nitrogen and oxygen atoms in total. The van der Waals surface area contributed by atoms with E-state index in [4.69, 9.17) is 9.72 Å². The molecule has 28 heavy (non-hydrogen) atoms. The molecule has 3 N–H and O–H groups in total. The maximum absolute atomic E-state index is 12.1. The topological polar surface area (TPSA) is 91.4 Å². The molecule has 0 unspecified atom stereocenters. The SMILES string of the molecule is Cc1cnc(Nc2ccccc2NC(=O)OC(C)(C)C)nc1N1CCNCC1. The lowest BCUT2D eigenvalue weighted by atomic mass is 10.2. The van der Waals surface area contributed by atoms with Gasteiger partial charge in [0.2, 0.25) is 5.95 Å². The standard InChI is InChI=1S/C20H28N6O2/c1-14-13-22-18(25-17(14)26-11-9-21-10-12-26)23-15-7-5-6-8-16(15)24-19(27)28-20(2,3)4/h5-8,13,21H,9-12H2,1-4H3,(H,24,27)(H,22,23,25). The second-order valence-corrected chi connectivity index (χ2v) is 7.73. The van der Waals surface area contributed by atoms with Gasteiger partial charge in [0, 0.05) is 37.9 Å². The summed E-state index contributed by atoms with van der Waals surface area (Å²) in [5.74, 6) is 1.41. The number of piperazine rings is 1. The van der Waals surface area contributed by atoms with Crippen molar-refractivity contribution in [2.45, 2.75) is 33.3 Å². The Labute approximate surface area is 165 Å². The molecule has 8 heteroatoms. The molecule has 1 aliphatic heterocycles. The Kier molecular flexibility index (Phi) is 5.99. The van der Waals surface area contributed by atoms with Crippen molar-refractivity contribution in [3.63, 3.8) is 0 Å². The van der Waals surface area contributed by atoms with E-state index in [-0.39, 0.29) is 0 Å². The molecule has 1 aromatic carbocycles. The van der Waals surface area contributed by atoms with Crippen LogP contribution in [0.15, 0.2) is 30.5 Å². The van der Waals surface area contributed by atoms with E-state index in [1.165, 1.54) is 0 Å². The van der Waals surface area contributed by atoms with Crippen molar-refractivity contribution in [1.82, 2.24) is 15.3 Å². The normalized spacial score (nSPS) is 14.5. The Morgan fingerprint density at radius 2 is 1.86 bits per heavy atom. The van der Waals surface area contributed by atoms with Crippen LogP contribution in [-0.2, 0) is 4.74 Å². The third-order valence-electron chi connectivity index (χ3n) is 4.17. The molecule has 2 heterocycles. The predicted molar refractivity (Wildman–Crippen MR) is 111 cm³/mol. The smallest absolute Gasteiger partial charge is 0.412 e. The number of ether oxygens (including phenoxy) is 1. The molecule has 0 aliphatic carbocycles. The number of carbonyl (C=O) groups is 1. The molecule has 0 bridgehead atoms. The minimum atomic E-state index is -0.565. The largest absolute Gasteiger partial charge is 0.444 e. The number of benzene rings is 1. The van der Waals surface area contributed by atoms with Crippen molar-refractivity contribution >= 4 is 29.2 Å². The van der Waals surface area contributed by atoms with Gasteiger partial charge in [-0.1, -0.05) is 12.1 Å². The third kappa shape index (κ3) is 5.32. The molecule has 1 aliphatic rings. The average molecular weight is 384 g/mol. The highest BCUT2D eigenvalue weighted by Gasteiger charge is 2.18. The molecule has 0 saturated carbocycles. The fourth-order valence-corrected chi connectivity index (χ4v) is 2.93. The van der Waals surface area contributed by atoms with E-state index in [0.717, 1.165) is 37.6 Å². The molecule has 0 radical (unpaired) electrons. The van der Waals surface area contributed by atoms with Gasteiger partial charge in [-0.25, -0.2) is 9.78 Å². The number of aryl methyl sites for hydroxylation is 1. The second kappa shape index (κ2) is 8.43. The number of nitrogens with zero attached hydrogens (tertiary/aromatic N) is 3. The zero-order valence-electron chi connectivity index (χ0n) is 16.9. The fraction of sp³-hybridized carbons (Fsp3) is 0.450. The minimum Gasteiger partial charge on any atom is -0.444 e. The van der Waals surface area contributed by atoms with E-state index < -0.39 is 11.7 Å². The number of hydrogen-bond acceptors (Lipinski definition) is 7. The van der Waals surface area contributed by atoms with Gasteiger partial charge in [-0.05, 0) is 39.8 Å². The lowest BCUT2D eigenvalue weighted by Gasteiger charge is -2.29. The van der Waals surface area contributed by atoms with Crippen LogP contribution in [0.1, 0.15) is 26.3 Å². The number of anilines is 4. The summed E-state index contributed by atoms with van der Waals surface area (Å²) in [7, 11) is 0. The first-order valence-corrected chi connectivity index (χ1v) is 9.47. The van der Waals surface area contributed by atoms with Crippen LogP contribution in [0.5, 0.6) is 0 Å². The first-order chi connectivity index (χ1) is 13.3. The van der Waals surface area contributed by atoms with Crippen LogP contribution in [0, 0.1) is 6.92 Å². The number of amides is 1. The summed E-state index contributed by atoms with van der Waals surface area (Å²) in [4.78, 5) is 23.5. The van der Waals surface area contributed by atoms with Crippen molar-refractivity contribution in [3.05, 3.63) is 36.0 Å². The molecular formula is C20H28N6O2. The predicted octanol–water partition coefficient (Wildman–Crippen LogP) is 3.29. The lowest BCUT2D eigenvalue weighted by Crippen LogP contribution is -2.44. The molecule has 0 spiro atoms. The van der Waals surface area contributed by atoms with Crippen LogP contribution in [0.4, 0.5) is 27.9 Å². The number of para-hydroxylation sites is 2. The van der Waals surface area contributed by atoms with Gasteiger partial charge in [0.15, 0.2) is 0 Å². The Bertz CT molecular complexity index is 828. The highest BCUT2D eigenvalue weighted by molar-refractivity contribution is 5.90. The van der Waals surface area contributed by atoms with Crippen LogP contribution in [0.25, 0.3) is 0 Å². The van der Waals surface area contributed by atoms with Crippen molar-refractivity contribution in [2.24, 2.45) is 0 Å². The molecule has 2 aromatic rings. The number of carbonyl (C=O) groups excluding carboxylic acids is 1. The molecule has 3 rings (SSSR count). The Balaban J connectivity index is 1.78. The van der Waals surface area contributed by atoms with Crippen LogP contribution in [-0.4, -0.2) is 47.8 Å². The highest BCUT2D eigenvalue weighted by Crippen LogP contribution is 2.26. The summed E-state index contributed by atoms with van der Waals surface area (Å²) < 4.78 is 5.34. The van der Waals surface area contributed by atoms with Crippen LogP contribution < -0.4 is 20.9 Å². The monoisotopic (exact) mass is 384 g/mol. The first-order valence-electron chi connectivity index (χ1n) is 9.47. The molecule has 0 atom stereocenters. The van der Waals surface area contributed by atoms with E-state index in [9.17, 15) is 4.79 Å². The van der Waals surface area contributed by atoms with Gasteiger partial charge in [-0.15, -0.1) is 0 Å². The van der Waals surface area contributed by atoms with Gasteiger partial charge < -0.3 is 20.3 Å². The maximum atomic E-state index is 12.1.